The lowest BCUT2D eigenvalue weighted by atomic mass is 9.85. The number of rotatable bonds is 4. The SMILES string of the molecule is CC(C(=O)O)n1cc(C=NN2C(=O)C3C4C=CC(C4)C3C2=O)c2ccccc21. The van der Waals surface area contributed by atoms with Gasteiger partial charge in [-0.1, -0.05) is 30.4 Å². The number of amides is 2. The molecule has 2 aromatic rings. The fourth-order valence-electron chi connectivity index (χ4n) is 4.89. The third-order valence-electron chi connectivity index (χ3n) is 6.31. The van der Waals surface area contributed by atoms with Gasteiger partial charge in [-0.2, -0.15) is 10.1 Å². The summed E-state index contributed by atoms with van der Waals surface area (Å²) in [5.74, 6) is -1.68. The maximum atomic E-state index is 12.7. The zero-order chi connectivity index (χ0) is 19.6. The van der Waals surface area contributed by atoms with Crippen LogP contribution >= 0.6 is 0 Å². The van der Waals surface area contributed by atoms with Crippen molar-refractivity contribution in [1.29, 1.82) is 0 Å². The van der Waals surface area contributed by atoms with Gasteiger partial charge in [0.2, 0.25) is 0 Å². The molecule has 5 rings (SSSR count). The van der Waals surface area contributed by atoms with E-state index in [1.54, 1.807) is 17.7 Å². The molecule has 1 saturated heterocycles. The monoisotopic (exact) mass is 377 g/mol. The highest BCUT2D eigenvalue weighted by Crippen LogP contribution is 2.52. The quantitative estimate of drug-likeness (QED) is 0.503. The highest BCUT2D eigenvalue weighted by molar-refractivity contribution is 6.07. The summed E-state index contributed by atoms with van der Waals surface area (Å²) < 4.78 is 1.66. The van der Waals surface area contributed by atoms with Crippen LogP contribution in [0.5, 0.6) is 0 Å². The van der Waals surface area contributed by atoms with Crippen molar-refractivity contribution in [3.63, 3.8) is 0 Å². The largest absolute Gasteiger partial charge is 0.480 e. The molecule has 0 spiro atoms. The molecule has 1 saturated carbocycles. The van der Waals surface area contributed by atoms with Crippen molar-refractivity contribution in [2.75, 3.05) is 0 Å². The molecule has 5 atom stereocenters. The number of carboxylic acids is 1. The van der Waals surface area contributed by atoms with Gasteiger partial charge in [-0.15, -0.1) is 0 Å². The first-order chi connectivity index (χ1) is 13.5. The number of carbonyl (C=O) groups excluding carboxylic acids is 2. The summed E-state index contributed by atoms with van der Waals surface area (Å²) in [5.41, 5.74) is 1.43. The van der Waals surface area contributed by atoms with E-state index in [0.717, 1.165) is 22.3 Å². The Morgan fingerprint density at radius 3 is 2.46 bits per heavy atom. The first-order valence-corrected chi connectivity index (χ1v) is 9.40. The Hall–Kier alpha value is -3.22. The highest BCUT2D eigenvalue weighted by atomic mass is 16.4. The van der Waals surface area contributed by atoms with Gasteiger partial charge in [-0.25, -0.2) is 4.79 Å². The second-order valence-electron chi connectivity index (χ2n) is 7.76. The van der Waals surface area contributed by atoms with Crippen LogP contribution in [0.2, 0.25) is 0 Å². The third-order valence-corrected chi connectivity index (χ3v) is 6.31. The van der Waals surface area contributed by atoms with Crippen molar-refractivity contribution in [3.05, 3.63) is 48.2 Å². The van der Waals surface area contributed by atoms with Gasteiger partial charge in [0.1, 0.15) is 6.04 Å². The lowest BCUT2D eigenvalue weighted by Gasteiger charge is -2.13. The van der Waals surface area contributed by atoms with Gasteiger partial charge in [0.25, 0.3) is 11.8 Å². The van der Waals surface area contributed by atoms with Gasteiger partial charge in [-0.3, -0.25) is 9.59 Å². The van der Waals surface area contributed by atoms with Crippen molar-refractivity contribution >= 4 is 34.9 Å². The van der Waals surface area contributed by atoms with Crippen LogP contribution in [-0.4, -0.2) is 38.7 Å². The lowest BCUT2D eigenvalue weighted by molar-refractivity contribution is -0.141. The van der Waals surface area contributed by atoms with E-state index in [-0.39, 0.29) is 35.5 Å². The van der Waals surface area contributed by atoms with E-state index in [1.165, 1.54) is 6.21 Å². The first kappa shape index (κ1) is 16.9. The number of hydrogen-bond donors (Lipinski definition) is 1. The molecule has 142 valence electrons. The molecule has 2 aliphatic carbocycles. The smallest absolute Gasteiger partial charge is 0.326 e. The first-order valence-electron chi connectivity index (χ1n) is 9.40. The average molecular weight is 377 g/mol. The van der Waals surface area contributed by atoms with E-state index in [0.29, 0.717) is 5.56 Å². The number of aliphatic carboxylic acids is 1. The number of nitrogens with zero attached hydrogens (tertiary/aromatic N) is 3. The molecule has 7 nitrogen and oxygen atoms in total. The van der Waals surface area contributed by atoms with E-state index in [9.17, 15) is 19.5 Å². The standard InChI is InChI=1S/C21H19N3O4/c1-11(21(27)28)23-10-14(15-4-2-3-5-16(15)23)9-22-24-19(25)17-12-6-7-13(8-12)18(17)20(24)26/h2-7,9-13,17-18H,8H2,1H3,(H,27,28). The topological polar surface area (TPSA) is 92.0 Å². The molecule has 2 bridgehead atoms. The molecule has 2 heterocycles. The Labute approximate surface area is 160 Å². The van der Waals surface area contributed by atoms with Crippen molar-refractivity contribution in [1.82, 2.24) is 9.58 Å². The van der Waals surface area contributed by atoms with Crippen molar-refractivity contribution in [3.8, 4) is 0 Å². The summed E-state index contributed by atoms with van der Waals surface area (Å²) in [6, 6.07) is 6.66. The van der Waals surface area contributed by atoms with Gasteiger partial charge >= 0.3 is 5.97 Å². The van der Waals surface area contributed by atoms with Gasteiger partial charge in [-0.05, 0) is 31.2 Å². The minimum absolute atomic E-state index is 0.143. The molecule has 2 amide bonds. The van der Waals surface area contributed by atoms with E-state index >= 15 is 0 Å². The Morgan fingerprint density at radius 1 is 1.18 bits per heavy atom. The maximum absolute atomic E-state index is 12.7. The average Bonchev–Trinajstić information content (AvgIpc) is 3.43. The Kier molecular flexibility index (Phi) is 3.56. The Balaban J connectivity index is 1.49. The Bertz CT molecular complexity index is 1050. The molecule has 0 radical (unpaired) electrons. The summed E-state index contributed by atoms with van der Waals surface area (Å²) in [6.07, 6.45) is 8.16. The maximum Gasteiger partial charge on any atom is 0.326 e. The predicted molar refractivity (Wildman–Crippen MR) is 101 cm³/mol. The van der Waals surface area contributed by atoms with E-state index in [4.69, 9.17) is 0 Å². The second-order valence-corrected chi connectivity index (χ2v) is 7.76. The fourth-order valence-corrected chi connectivity index (χ4v) is 4.89. The molecular formula is C21H19N3O4. The summed E-state index contributed by atoms with van der Waals surface area (Å²) >= 11 is 0. The number of hydrogen-bond acceptors (Lipinski definition) is 4. The molecular weight excluding hydrogens is 358 g/mol. The zero-order valence-electron chi connectivity index (χ0n) is 15.2. The van der Waals surface area contributed by atoms with E-state index < -0.39 is 12.0 Å². The van der Waals surface area contributed by atoms with Crippen molar-refractivity contribution in [2.24, 2.45) is 28.8 Å². The molecule has 1 aromatic heterocycles. The molecule has 2 fully saturated rings. The van der Waals surface area contributed by atoms with Gasteiger partial charge in [0.05, 0.1) is 18.1 Å². The van der Waals surface area contributed by atoms with Crippen LogP contribution in [0.15, 0.2) is 47.7 Å². The summed E-state index contributed by atoms with van der Waals surface area (Å²) in [7, 11) is 0. The van der Waals surface area contributed by atoms with Crippen molar-refractivity contribution < 1.29 is 19.5 Å². The normalized spacial score (nSPS) is 29.4. The molecule has 5 unspecified atom stereocenters. The molecule has 3 aliphatic rings. The minimum atomic E-state index is -0.940. The second kappa shape index (κ2) is 5.89. The van der Waals surface area contributed by atoms with Crippen LogP contribution in [0, 0.1) is 23.7 Å². The molecule has 1 N–H and O–H groups in total. The van der Waals surface area contributed by atoms with Crippen molar-refractivity contribution in [2.45, 2.75) is 19.4 Å². The van der Waals surface area contributed by atoms with Crippen LogP contribution in [0.25, 0.3) is 10.9 Å². The number of carbonyl (C=O) groups is 3. The minimum Gasteiger partial charge on any atom is -0.480 e. The zero-order valence-corrected chi connectivity index (χ0v) is 15.2. The van der Waals surface area contributed by atoms with Gasteiger partial charge < -0.3 is 9.67 Å². The summed E-state index contributed by atoms with van der Waals surface area (Å²) in [5, 5.41) is 15.4. The third kappa shape index (κ3) is 2.22. The van der Waals surface area contributed by atoms with Gasteiger partial charge in [0.15, 0.2) is 0 Å². The van der Waals surface area contributed by atoms with Gasteiger partial charge in [0, 0.05) is 22.7 Å². The van der Waals surface area contributed by atoms with Crippen LogP contribution in [0.4, 0.5) is 0 Å². The predicted octanol–water partition coefficient (Wildman–Crippen LogP) is 2.43. The van der Waals surface area contributed by atoms with Crippen LogP contribution < -0.4 is 0 Å². The molecule has 1 aromatic carbocycles. The Morgan fingerprint density at radius 2 is 1.82 bits per heavy atom. The number of carboxylic acid groups (broad SMARTS) is 1. The van der Waals surface area contributed by atoms with Crippen LogP contribution in [-0.2, 0) is 14.4 Å². The van der Waals surface area contributed by atoms with Crippen LogP contribution in [0.3, 0.4) is 0 Å². The van der Waals surface area contributed by atoms with E-state index in [1.807, 2.05) is 36.4 Å². The summed E-state index contributed by atoms with van der Waals surface area (Å²) in [4.78, 5) is 36.9. The number of fused-ring (bicyclic) bond motifs is 6. The number of hydrazone groups is 1. The fraction of sp³-hybridized carbons (Fsp3) is 0.333. The number of para-hydroxylation sites is 1. The molecule has 28 heavy (non-hydrogen) atoms. The molecule has 7 heteroatoms. The summed E-state index contributed by atoms with van der Waals surface area (Å²) in [6.45, 7) is 1.60. The number of aromatic nitrogens is 1. The van der Waals surface area contributed by atoms with Crippen LogP contribution in [0.1, 0.15) is 24.9 Å². The number of benzene rings is 1. The lowest BCUT2D eigenvalue weighted by Crippen LogP contribution is -2.28. The number of allylic oxidation sites excluding steroid dienone is 2. The van der Waals surface area contributed by atoms with E-state index in [2.05, 4.69) is 5.10 Å². The molecule has 1 aliphatic heterocycles. The number of imide groups is 1. The highest BCUT2D eigenvalue weighted by Gasteiger charge is 2.59.